The molecule has 0 fully saturated rings. The normalized spacial score (nSPS) is 12.9. The molecule has 2 aromatic heterocycles. The molecule has 5 heteroatoms. The van der Waals surface area contributed by atoms with Crippen molar-refractivity contribution in [2.75, 3.05) is 0 Å². The van der Waals surface area contributed by atoms with Gasteiger partial charge in [-0.1, -0.05) is 0 Å². The number of nitrogens with one attached hydrogen (secondary N) is 1. The van der Waals surface area contributed by atoms with E-state index in [1.165, 1.54) is 10.6 Å². The molecular weight excluding hydrogens is 238 g/mol. The average Bonchev–Trinajstić information content (AvgIpc) is 2.84. The molecule has 0 saturated heterocycles. The van der Waals surface area contributed by atoms with Crippen LogP contribution in [0, 0.1) is 13.8 Å². The van der Waals surface area contributed by atoms with Gasteiger partial charge in [0.2, 0.25) is 0 Å². The van der Waals surface area contributed by atoms with Crippen molar-refractivity contribution in [2.45, 2.75) is 33.4 Å². The third-order valence-corrected chi connectivity index (χ3v) is 4.07. The minimum absolute atomic E-state index is 0.286. The van der Waals surface area contributed by atoms with Crippen LogP contribution in [0.15, 0.2) is 11.6 Å². The molecule has 0 saturated carbocycles. The molecule has 1 unspecified atom stereocenters. The minimum atomic E-state index is 0.286. The van der Waals surface area contributed by atoms with Crippen LogP contribution in [0.1, 0.15) is 33.6 Å². The molecule has 0 aromatic carbocycles. The Morgan fingerprint density at radius 1 is 1.44 bits per heavy atom. The van der Waals surface area contributed by atoms with Crippen LogP contribution in [0.25, 0.3) is 0 Å². The van der Waals surface area contributed by atoms with Gasteiger partial charge in [0.25, 0.3) is 0 Å². The van der Waals surface area contributed by atoms with Gasteiger partial charge in [0.15, 0.2) is 0 Å². The molecule has 0 radical (unpaired) electrons. The second-order valence-corrected chi connectivity index (χ2v) is 6.09. The first-order chi connectivity index (χ1) is 7.66. The number of hydrogen-bond acceptors (Lipinski definition) is 5. The molecule has 0 aliphatic carbocycles. The van der Waals surface area contributed by atoms with Crippen LogP contribution in [0.4, 0.5) is 0 Å². The van der Waals surface area contributed by atoms with E-state index in [1.807, 2.05) is 11.6 Å². The summed E-state index contributed by atoms with van der Waals surface area (Å²) >= 11 is 3.43. The lowest BCUT2D eigenvalue weighted by Crippen LogP contribution is -2.18. The smallest absolute Gasteiger partial charge is 0.106 e. The first kappa shape index (κ1) is 11.7. The van der Waals surface area contributed by atoms with Crippen molar-refractivity contribution >= 4 is 22.7 Å². The number of aromatic nitrogens is 2. The zero-order valence-electron chi connectivity index (χ0n) is 9.65. The zero-order chi connectivity index (χ0) is 11.5. The molecule has 0 bridgehead atoms. The fourth-order valence-corrected chi connectivity index (χ4v) is 3.11. The Hall–Kier alpha value is -0.780. The monoisotopic (exact) mass is 253 g/mol. The summed E-state index contributed by atoms with van der Waals surface area (Å²) in [6, 6.07) is 0.286. The maximum absolute atomic E-state index is 4.55. The van der Waals surface area contributed by atoms with E-state index < -0.39 is 0 Å². The van der Waals surface area contributed by atoms with Crippen LogP contribution < -0.4 is 5.32 Å². The van der Waals surface area contributed by atoms with E-state index in [0.29, 0.717) is 0 Å². The second-order valence-electron chi connectivity index (χ2n) is 3.70. The lowest BCUT2D eigenvalue weighted by Gasteiger charge is -2.11. The highest BCUT2D eigenvalue weighted by Crippen LogP contribution is 2.22. The zero-order valence-corrected chi connectivity index (χ0v) is 11.3. The van der Waals surface area contributed by atoms with Gasteiger partial charge in [-0.25, -0.2) is 9.97 Å². The summed E-state index contributed by atoms with van der Waals surface area (Å²) in [5.41, 5.74) is 1.17. The number of aryl methyl sites for hydroxylation is 2. The van der Waals surface area contributed by atoms with Gasteiger partial charge < -0.3 is 5.32 Å². The molecule has 0 aliphatic heterocycles. The Morgan fingerprint density at radius 3 is 2.81 bits per heavy atom. The average molecular weight is 253 g/mol. The topological polar surface area (TPSA) is 37.8 Å². The molecule has 0 spiro atoms. The summed E-state index contributed by atoms with van der Waals surface area (Å²) in [6.07, 6.45) is 1.84. The molecule has 0 aliphatic rings. The fourth-order valence-electron chi connectivity index (χ4n) is 1.62. The van der Waals surface area contributed by atoms with Crippen molar-refractivity contribution in [1.82, 2.24) is 15.3 Å². The summed E-state index contributed by atoms with van der Waals surface area (Å²) in [5, 5.41) is 7.70. The molecule has 1 atom stereocenters. The first-order valence-corrected chi connectivity index (χ1v) is 6.92. The Bertz CT molecular complexity index is 448. The number of rotatable bonds is 4. The lowest BCUT2D eigenvalue weighted by molar-refractivity contribution is 0.560. The van der Waals surface area contributed by atoms with E-state index in [0.717, 1.165) is 16.6 Å². The van der Waals surface area contributed by atoms with Crippen molar-refractivity contribution < 1.29 is 0 Å². The highest BCUT2D eigenvalue weighted by Gasteiger charge is 2.12. The van der Waals surface area contributed by atoms with Gasteiger partial charge in [-0.2, -0.15) is 0 Å². The van der Waals surface area contributed by atoms with Crippen molar-refractivity contribution in [3.63, 3.8) is 0 Å². The van der Waals surface area contributed by atoms with Gasteiger partial charge in [0, 0.05) is 29.0 Å². The third-order valence-electron chi connectivity index (χ3n) is 2.39. The molecule has 2 heterocycles. The molecule has 86 valence electrons. The largest absolute Gasteiger partial charge is 0.302 e. The standard InChI is InChI=1S/C11H15N3S2/c1-7(11-8(2)16-9(3)14-11)13-6-10-12-4-5-15-10/h4-5,7,13H,6H2,1-3H3. The van der Waals surface area contributed by atoms with Crippen molar-refractivity contribution in [1.29, 1.82) is 0 Å². The molecular formula is C11H15N3S2. The summed E-state index contributed by atoms with van der Waals surface area (Å²) in [6.45, 7) is 7.14. The molecule has 0 amide bonds. The maximum Gasteiger partial charge on any atom is 0.106 e. The van der Waals surface area contributed by atoms with Gasteiger partial charge >= 0.3 is 0 Å². The van der Waals surface area contributed by atoms with Crippen LogP contribution >= 0.6 is 22.7 Å². The van der Waals surface area contributed by atoms with Crippen molar-refractivity contribution in [3.05, 3.63) is 32.2 Å². The van der Waals surface area contributed by atoms with Crippen molar-refractivity contribution in [3.8, 4) is 0 Å². The van der Waals surface area contributed by atoms with Crippen LogP contribution in [0.5, 0.6) is 0 Å². The van der Waals surface area contributed by atoms with Gasteiger partial charge in [0.05, 0.1) is 10.7 Å². The van der Waals surface area contributed by atoms with E-state index in [-0.39, 0.29) is 6.04 Å². The third kappa shape index (κ3) is 2.66. The molecule has 2 rings (SSSR count). The SMILES string of the molecule is Cc1nc(C(C)NCc2nccs2)c(C)s1. The maximum atomic E-state index is 4.55. The summed E-state index contributed by atoms with van der Waals surface area (Å²) < 4.78 is 0. The van der Waals surface area contributed by atoms with Crippen molar-refractivity contribution in [2.24, 2.45) is 0 Å². The Morgan fingerprint density at radius 2 is 2.25 bits per heavy atom. The van der Waals surface area contributed by atoms with Crippen LogP contribution in [0.3, 0.4) is 0 Å². The summed E-state index contributed by atoms with van der Waals surface area (Å²) in [7, 11) is 0. The van der Waals surface area contributed by atoms with Crippen LogP contribution in [-0.4, -0.2) is 9.97 Å². The first-order valence-electron chi connectivity index (χ1n) is 5.22. The van der Waals surface area contributed by atoms with Gasteiger partial charge in [-0.05, 0) is 20.8 Å². The predicted octanol–water partition coefficient (Wildman–Crippen LogP) is 3.07. The second kappa shape index (κ2) is 5.03. The van der Waals surface area contributed by atoms with E-state index in [1.54, 1.807) is 22.7 Å². The van der Waals surface area contributed by atoms with Gasteiger partial charge in [0.1, 0.15) is 5.01 Å². The molecule has 16 heavy (non-hydrogen) atoms. The van der Waals surface area contributed by atoms with Gasteiger partial charge in [-0.15, -0.1) is 22.7 Å². The number of thiazole rings is 2. The summed E-state index contributed by atoms with van der Waals surface area (Å²) in [4.78, 5) is 10.1. The fraction of sp³-hybridized carbons (Fsp3) is 0.455. The number of hydrogen-bond donors (Lipinski definition) is 1. The molecule has 3 nitrogen and oxygen atoms in total. The minimum Gasteiger partial charge on any atom is -0.302 e. The van der Waals surface area contributed by atoms with E-state index >= 15 is 0 Å². The Balaban J connectivity index is 1.98. The van der Waals surface area contributed by atoms with Crippen LogP contribution in [-0.2, 0) is 6.54 Å². The van der Waals surface area contributed by atoms with E-state index in [9.17, 15) is 0 Å². The highest BCUT2D eigenvalue weighted by molar-refractivity contribution is 7.11. The molecule has 2 aromatic rings. The predicted molar refractivity (Wildman–Crippen MR) is 69.0 cm³/mol. The number of nitrogens with zero attached hydrogens (tertiary/aromatic N) is 2. The quantitative estimate of drug-likeness (QED) is 0.910. The summed E-state index contributed by atoms with van der Waals surface area (Å²) in [5.74, 6) is 0. The highest BCUT2D eigenvalue weighted by atomic mass is 32.1. The Kier molecular flexibility index (Phi) is 3.68. The van der Waals surface area contributed by atoms with Gasteiger partial charge in [-0.3, -0.25) is 0 Å². The van der Waals surface area contributed by atoms with E-state index in [2.05, 4.69) is 36.1 Å². The Labute approximate surface area is 104 Å². The van der Waals surface area contributed by atoms with E-state index in [4.69, 9.17) is 0 Å². The molecule has 1 N–H and O–H groups in total. The van der Waals surface area contributed by atoms with Crippen LogP contribution in [0.2, 0.25) is 0 Å². The lowest BCUT2D eigenvalue weighted by atomic mass is 10.2.